The van der Waals surface area contributed by atoms with Crippen molar-refractivity contribution in [1.82, 2.24) is 14.1 Å². The van der Waals surface area contributed by atoms with E-state index >= 15 is 0 Å². The number of hydrogen-bond acceptors (Lipinski definition) is 9. The zero-order valence-corrected chi connectivity index (χ0v) is 26.1. The highest BCUT2D eigenvalue weighted by molar-refractivity contribution is 7.89. The van der Waals surface area contributed by atoms with E-state index in [2.05, 4.69) is 24.1 Å². The number of esters is 1. The number of nitrogens with one attached hydrogen (secondary N) is 1. The fraction of sp³-hybridized carbons (Fsp3) is 0.519. The van der Waals surface area contributed by atoms with E-state index in [1.807, 2.05) is 0 Å². The highest BCUT2D eigenvalue weighted by Gasteiger charge is 2.32. The number of amides is 2. The van der Waals surface area contributed by atoms with Gasteiger partial charge in [0, 0.05) is 55.8 Å². The Labute approximate surface area is 251 Å². The Kier molecular flexibility index (Phi) is 11.2. The molecule has 14 heteroatoms. The summed E-state index contributed by atoms with van der Waals surface area (Å²) in [5.74, 6) is -0.908. The van der Waals surface area contributed by atoms with E-state index in [9.17, 15) is 22.8 Å². The van der Waals surface area contributed by atoms with Crippen LogP contribution in [0.5, 0.6) is 0 Å². The quantitative estimate of drug-likeness (QED) is 0.437. The van der Waals surface area contributed by atoms with Crippen LogP contribution in [0.15, 0.2) is 29.2 Å². The largest absolute Gasteiger partial charge is 0.462 e. The third-order valence-electron chi connectivity index (χ3n) is 7.04. The van der Waals surface area contributed by atoms with Gasteiger partial charge in [-0.25, -0.2) is 18.0 Å². The van der Waals surface area contributed by atoms with Crippen LogP contribution in [0.3, 0.4) is 0 Å². The summed E-state index contributed by atoms with van der Waals surface area (Å²) in [5, 5.41) is 3.31. The minimum absolute atomic E-state index is 0. The molecule has 1 saturated heterocycles. The molecule has 2 amide bonds. The molecule has 2 aromatic rings. The summed E-state index contributed by atoms with van der Waals surface area (Å²) >= 11 is 1.38. The fourth-order valence-corrected chi connectivity index (χ4v) is 7.48. The van der Waals surface area contributed by atoms with E-state index in [4.69, 9.17) is 9.47 Å². The first-order valence-corrected chi connectivity index (χ1v) is 15.7. The third-order valence-corrected chi connectivity index (χ3v) is 10.1. The van der Waals surface area contributed by atoms with E-state index in [1.165, 1.54) is 44.8 Å². The topological polar surface area (TPSA) is 126 Å². The summed E-state index contributed by atoms with van der Waals surface area (Å²) in [6, 6.07) is 6.06. The van der Waals surface area contributed by atoms with Crippen LogP contribution in [-0.4, -0.2) is 92.5 Å². The molecule has 11 nitrogen and oxygen atoms in total. The highest BCUT2D eigenvalue weighted by atomic mass is 35.5. The van der Waals surface area contributed by atoms with Crippen molar-refractivity contribution in [2.75, 3.05) is 51.3 Å². The van der Waals surface area contributed by atoms with Crippen molar-refractivity contribution in [3.05, 3.63) is 45.8 Å². The second kappa shape index (κ2) is 14.0. The molecule has 0 aliphatic carbocycles. The molecule has 3 heterocycles. The zero-order chi connectivity index (χ0) is 29.0. The first-order valence-electron chi connectivity index (χ1n) is 13.5. The lowest BCUT2D eigenvalue weighted by atomic mass is 10.0. The van der Waals surface area contributed by atoms with Gasteiger partial charge in [0.2, 0.25) is 10.0 Å². The summed E-state index contributed by atoms with van der Waals surface area (Å²) in [4.78, 5) is 42.8. The minimum Gasteiger partial charge on any atom is -0.462 e. The first kappa shape index (κ1) is 32.8. The molecule has 2 aliphatic rings. The molecular weight excluding hydrogens is 592 g/mol. The van der Waals surface area contributed by atoms with Crippen LogP contribution in [0, 0.1) is 0 Å². The number of carbonyl (C=O) groups excluding carboxylic acids is 3. The maximum Gasteiger partial charge on any atom is 0.409 e. The molecule has 2 aliphatic heterocycles. The standard InChI is InChI=1S/C27H36N4O7S2.ClH/c1-5-37-26(33)23-21-11-12-30(18(3)4)17-22(21)39-25(23)28-24(32)19-7-9-20(10-8-19)40(35,36)31-15-13-29(14-16-31)27(34)38-6-2;/h7-10,18H,5-6,11-17H2,1-4H3,(H,28,32);1H. The van der Waals surface area contributed by atoms with Crippen LogP contribution in [0.2, 0.25) is 0 Å². The van der Waals surface area contributed by atoms with Crippen LogP contribution in [0.25, 0.3) is 0 Å². The van der Waals surface area contributed by atoms with Crippen LogP contribution in [0.4, 0.5) is 9.80 Å². The number of anilines is 1. The summed E-state index contributed by atoms with van der Waals surface area (Å²) in [5.41, 5.74) is 1.58. The van der Waals surface area contributed by atoms with E-state index < -0.39 is 28.0 Å². The summed E-state index contributed by atoms with van der Waals surface area (Å²) < 4.78 is 37.9. The first-order chi connectivity index (χ1) is 19.1. The Balaban J connectivity index is 0.00000462. The van der Waals surface area contributed by atoms with E-state index in [0.29, 0.717) is 29.6 Å². The Bertz CT molecular complexity index is 1350. The van der Waals surface area contributed by atoms with Crippen LogP contribution in [-0.2, 0) is 32.5 Å². The molecule has 0 bridgehead atoms. The van der Waals surface area contributed by atoms with Crippen LogP contribution < -0.4 is 5.32 Å². The Hall–Kier alpha value is -2.71. The van der Waals surface area contributed by atoms with Gasteiger partial charge in [-0.3, -0.25) is 9.69 Å². The second-order valence-corrected chi connectivity index (χ2v) is 12.9. The van der Waals surface area contributed by atoms with Crippen molar-refractivity contribution in [3.8, 4) is 0 Å². The van der Waals surface area contributed by atoms with Gasteiger partial charge in [0.25, 0.3) is 5.91 Å². The molecule has 0 radical (unpaired) electrons. The van der Waals surface area contributed by atoms with E-state index in [-0.39, 0.29) is 62.3 Å². The zero-order valence-electron chi connectivity index (χ0n) is 23.7. The molecule has 0 atom stereocenters. The molecule has 0 spiro atoms. The maximum atomic E-state index is 13.2. The lowest BCUT2D eigenvalue weighted by molar-refractivity contribution is 0.0525. The third kappa shape index (κ3) is 7.20. The van der Waals surface area contributed by atoms with Gasteiger partial charge in [-0.2, -0.15) is 4.31 Å². The van der Waals surface area contributed by atoms with Crippen LogP contribution in [0.1, 0.15) is 58.9 Å². The van der Waals surface area contributed by atoms with Gasteiger partial charge in [0.05, 0.1) is 23.7 Å². The summed E-state index contributed by atoms with van der Waals surface area (Å²) in [6.45, 7) is 10.5. The minimum atomic E-state index is -3.80. The molecule has 1 fully saturated rings. The van der Waals surface area contributed by atoms with E-state index in [1.54, 1.807) is 13.8 Å². The Morgan fingerprint density at radius 3 is 2.20 bits per heavy atom. The van der Waals surface area contributed by atoms with Crippen LogP contribution >= 0.6 is 23.7 Å². The average molecular weight is 629 g/mol. The number of nitrogens with zero attached hydrogens (tertiary/aromatic N) is 3. The van der Waals surface area contributed by atoms with Gasteiger partial charge in [-0.1, -0.05) is 0 Å². The van der Waals surface area contributed by atoms with Crippen molar-refractivity contribution in [3.63, 3.8) is 0 Å². The molecular formula is C27H37ClN4O7S2. The molecule has 1 aromatic carbocycles. The molecule has 41 heavy (non-hydrogen) atoms. The van der Waals surface area contributed by atoms with Gasteiger partial charge >= 0.3 is 12.1 Å². The molecule has 1 aromatic heterocycles. The van der Waals surface area contributed by atoms with E-state index in [0.717, 1.165) is 17.0 Å². The fourth-order valence-electron chi connectivity index (χ4n) is 4.80. The van der Waals surface area contributed by atoms with Crippen molar-refractivity contribution in [1.29, 1.82) is 0 Å². The number of ether oxygens (including phenoxy) is 2. The molecule has 0 unspecified atom stereocenters. The van der Waals surface area contributed by atoms with Gasteiger partial charge in [-0.15, -0.1) is 23.7 Å². The average Bonchev–Trinajstić information content (AvgIpc) is 3.30. The van der Waals surface area contributed by atoms with Crippen molar-refractivity contribution < 1.29 is 32.3 Å². The lowest BCUT2D eigenvalue weighted by Gasteiger charge is -2.33. The number of piperazine rings is 1. The van der Waals surface area contributed by atoms with Crippen molar-refractivity contribution in [2.45, 2.75) is 51.6 Å². The Morgan fingerprint density at radius 2 is 1.61 bits per heavy atom. The number of hydrogen-bond donors (Lipinski definition) is 1. The number of sulfonamides is 1. The normalized spacial score (nSPS) is 16.1. The Morgan fingerprint density at radius 1 is 0.976 bits per heavy atom. The number of fused-ring (bicyclic) bond motifs is 1. The number of halogens is 1. The van der Waals surface area contributed by atoms with Gasteiger partial charge in [-0.05, 0) is 63.9 Å². The van der Waals surface area contributed by atoms with Gasteiger partial charge in [0.1, 0.15) is 5.00 Å². The predicted octanol–water partition coefficient (Wildman–Crippen LogP) is 3.83. The molecule has 226 valence electrons. The number of carbonyl (C=O) groups is 3. The highest BCUT2D eigenvalue weighted by Crippen LogP contribution is 2.38. The van der Waals surface area contributed by atoms with Crippen molar-refractivity contribution >= 4 is 56.7 Å². The van der Waals surface area contributed by atoms with Gasteiger partial charge in [0.15, 0.2) is 0 Å². The summed E-state index contributed by atoms with van der Waals surface area (Å²) in [6.07, 6.45) is 0.235. The molecule has 0 saturated carbocycles. The number of thiophene rings is 1. The smallest absolute Gasteiger partial charge is 0.409 e. The molecule has 4 rings (SSSR count). The molecule has 1 N–H and O–H groups in total. The predicted molar refractivity (Wildman–Crippen MR) is 159 cm³/mol. The van der Waals surface area contributed by atoms with Crippen molar-refractivity contribution in [2.24, 2.45) is 0 Å². The SMILES string of the molecule is CCOC(=O)c1c(NC(=O)c2ccc(S(=O)(=O)N3CCN(C(=O)OCC)CC3)cc2)sc2c1CCN(C(C)C)C2.Cl. The maximum absolute atomic E-state index is 13.2. The van der Waals surface area contributed by atoms with Gasteiger partial charge < -0.3 is 19.7 Å². The lowest BCUT2D eigenvalue weighted by Crippen LogP contribution is -2.50. The number of rotatable bonds is 8. The summed E-state index contributed by atoms with van der Waals surface area (Å²) in [7, 11) is -3.80. The second-order valence-electron chi connectivity index (χ2n) is 9.81. The number of benzene rings is 1. The monoisotopic (exact) mass is 628 g/mol.